The summed E-state index contributed by atoms with van der Waals surface area (Å²) in [5.41, 5.74) is 2.08. The molecule has 0 amide bonds. The number of aliphatic hydroxyl groups is 1. The third-order valence-corrected chi connectivity index (χ3v) is 2.55. The Kier molecular flexibility index (Phi) is 4.18. The van der Waals surface area contributed by atoms with Gasteiger partial charge in [0.15, 0.2) is 0 Å². The fraction of sp³-hybridized carbons (Fsp3) is 0.231. The Morgan fingerprint density at radius 3 is 2.47 bits per heavy atom. The molecule has 1 aromatic carbocycles. The lowest BCUT2D eigenvalue weighted by atomic mass is 10.1. The van der Waals surface area contributed by atoms with E-state index in [1.54, 1.807) is 12.4 Å². The topological polar surface area (TPSA) is 58.0 Å². The number of aromatic nitrogens is 2. The predicted molar refractivity (Wildman–Crippen MR) is 65.1 cm³/mol. The summed E-state index contributed by atoms with van der Waals surface area (Å²) in [5, 5.41) is 12.6. The monoisotopic (exact) mass is 229 g/mol. The van der Waals surface area contributed by atoms with E-state index < -0.39 is 0 Å². The molecule has 1 heterocycles. The Hall–Kier alpha value is -1.78. The van der Waals surface area contributed by atoms with Crippen LogP contribution < -0.4 is 5.32 Å². The first kappa shape index (κ1) is 11.7. The van der Waals surface area contributed by atoms with Crippen molar-refractivity contribution in [3.05, 3.63) is 60.2 Å². The number of nitrogens with one attached hydrogen (secondary N) is 1. The molecule has 0 bridgehead atoms. The van der Waals surface area contributed by atoms with Gasteiger partial charge >= 0.3 is 0 Å². The van der Waals surface area contributed by atoms with Crippen LogP contribution >= 0.6 is 0 Å². The van der Waals surface area contributed by atoms with E-state index in [1.165, 1.54) is 6.33 Å². The van der Waals surface area contributed by atoms with Crippen LogP contribution in [0.4, 0.5) is 0 Å². The molecule has 1 aromatic heterocycles. The summed E-state index contributed by atoms with van der Waals surface area (Å²) >= 11 is 0. The number of nitrogens with zero attached hydrogens (tertiary/aromatic N) is 2. The summed E-state index contributed by atoms with van der Waals surface area (Å²) in [6, 6.07) is 9.82. The first-order valence-corrected chi connectivity index (χ1v) is 5.53. The molecule has 4 heteroatoms. The molecule has 0 fully saturated rings. The maximum atomic E-state index is 9.36. The van der Waals surface area contributed by atoms with Crippen molar-refractivity contribution in [2.45, 2.75) is 12.6 Å². The zero-order valence-corrected chi connectivity index (χ0v) is 9.45. The summed E-state index contributed by atoms with van der Waals surface area (Å²) in [4.78, 5) is 7.90. The smallest absolute Gasteiger partial charge is 0.115 e. The van der Waals surface area contributed by atoms with Crippen LogP contribution in [0.1, 0.15) is 17.2 Å². The Bertz CT molecular complexity index is 433. The second-order valence-corrected chi connectivity index (χ2v) is 3.77. The molecule has 88 valence electrons. The van der Waals surface area contributed by atoms with Crippen molar-refractivity contribution in [3.8, 4) is 0 Å². The minimum atomic E-state index is -0.0589. The van der Waals surface area contributed by atoms with E-state index in [2.05, 4.69) is 15.3 Å². The van der Waals surface area contributed by atoms with Crippen molar-refractivity contribution < 1.29 is 5.11 Å². The van der Waals surface area contributed by atoms with E-state index >= 15 is 0 Å². The van der Waals surface area contributed by atoms with Gasteiger partial charge in [0, 0.05) is 24.5 Å². The van der Waals surface area contributed by atoms with Gasteiger partial charge in [-0.05, 0) is 5.56 Å². The van der Waals surface area contributed by atoms with Crippen LogP contribution in [0.3, 0.4) is 0 Å². The molecule has 0 aliphatic carbocycles. The Balaban J connectivity index is 1.97. The Labute approximate surface area is 100 Å². The average molecular weight is 229 g/mol. The second kappa shape index (κ2) is 6.08. The van der Waals surface area contributed by atoms with Gasteiger partial charge in [-0.3, -0.25) is 0 Å². The van der Waals surface area contributed by atoms with E-state index in [-0.39, 0.29) is 12.6 Å². The molecule has 4 nitrogen and oxygen atoms in total. The molecule has 2 aromatic rings. The Morgan fingerprint density at radius 1 is 1.12 bits per heavy atom. The van der Waals surface area contributed by atoms with Gasteiger partial charge < -0.3 is 10.4 Å². The number of aliphatic hydroxyl groups excluding tert-OH is 1. The maximum absolute atomic E-state index is 9.36. The van der Waals surface area contributed by atoms with Gasteiger partial charge in [-0.15, -0.1) is 0 Å². The summed E-state index contributed by atoms with van der Waals surface area (Å²) in [6.07, 6.45) is 5.03. The number of benzene rings is 1. The summed E-state index contributed by atoms with van der Waals surface area (Å²) in [6.45, 7) is 0.707. The molecular formula is C13H15N3O. The highest BCUT2D eigenvalue weighted by atomic mass is 16.3. The summed E-state index contributed by atoms with van der Waals surface area (Å²) in [7, 11) is 0. The highest BCUT2D eigenvalue weighted by molar-refractivity contribution is 5.19. The van der Waals surface area contributed by atoms with Crippen molar-refractivity contribution >= 4 is 0 Å². The average Bonchev–Trinajstić information content (AvgIpc) is 2.42. The molecule has 1 atom stereocenters. The molecule has 1 unspecified atom stereocenters. The first-order chi connectivity index (χ1) is 8.40. The van der Waals surface area contributed by atoms with Gasteiger partial charge in [0.05, 0.1) is 12.6 Å². The lowest BCUT2D eigenvalue weighted by Crippen LogP contribution is -2.24. The first-order valence-electron chi connectivity index (χ1n) is 5.53. The third kappa shape index (κ3) is 3.34. The van der Waals surface area contributed by atoms with Crippen LogP contribution in [0.5, 0.6) is 0 Å². The van der Waals surface area contributed by atoms with E-state index in [0.717, 1.165) is 11.1 Å². The molecule has 0 spiro atoms. The van der Waals surface area contributed by atoms with Gasteiger partial charge in [0.25, 0.3) is 0 Å². The van der Waals surface area contributed by atoms with Gasteiger partial charge in [0.2, 0.25) is 0 Å². The molecule has 2 N–H and O–H groups in total. The van der Waals surface area contributed by atoms with Crippen molar-refractivity contribution in [2.24, 2.45) is 0 Å². The molecule has 0 aliphatic heterocycles. The summed E-state index contributed by atoms with van der Waals surface area (Å²) in [5.74, 6) is 0. The molecule has 17 heavy (non-hydrogen) atoms. The van der Waals surface area contributed by atoms with Crippen LogP contribution in [0.2, 0.25) is 0 Å². The number of rotatable bonds is 5. The van der Waals surface area contributed by atoms with Gasteiger partial charge in [-0.2, -0.15) is 0 Å². The standard InChI is InChI=1S/C13H15N3O/c17-9-13(12-4-2-1-3-5-12)16-8-11-6-14-10-15-7-11/h1-7,10,13,16-17H,8-9H2. The molecule has 0 aliphatic rings. The highest BCUT2D eigenvalue weighted by Gasteiger charge is 2.08. The minimum absolute atomic E-state index is 0.0589. The van der Waals surface area contributed by atoms with Crippen molar-refractivity contribution in [1.29, 1.82) is 0 Å². The number of hydrogen-bond acceptors (Lipinski definition) is 4. The quantitative estimate of drug-likeness (QED) is 0.811. The van der Waals surface area contributed by atoms with Crippen molar-refractivity contribution in [2.75, 3.05) is 6.61 Å². The molecule has 0 saturated carbocycles. The van der Waals surface area contributed by atoms with Crippen molar-refractivity contribution in [1.82, 2.24) is 15.3 Å². The predicted octanol–water partition coefficient (Wildman–Crippen LogP) is 1.30. The van der Waals surface area contributed by atoms with Gasteiger partial charge in [-0.1, -0.05) is 30.3 Å². The van der Waals surface area contributed by atoms with Gasteiger partial charge in [-0.25, -0.2) is 9.97 Å². The lowest BCUT2D eigenvalue weighted by Gasteiger charge is -2.16. The van der Waals surface area contributed by atoms with Gasteiger partial charge in [0.1, 0.15) is 6.33 Å². The van der Waals surface area contributed by atoms with E-state index in [1.807, 2.05) is 30.3 Å². The minimum Gasteiger partial charge on any atom is -0.394 e. The lowest BCUT2D eigenvalue weighted by molar-refractivity contribution is 0.243. The van der Waals surface area contributed by atoms with Crippen molar-refractivity contribution in [3.63, 3.8) is 0 Å². The molecule has 0 saturated heterocycles. The maximum Gasteiger partial charge on any atom is 0.115 e. The van der Waals surface area contributed by atoms with Crippen LogP contribution in [0, 0.1) is 0 Å². The molecular weight excluding hydrogens is 214 g/mol. The third-order valence-electron chi connectivity index (χ3n) is 2.55. The Morgan fingerprint density at radius 2 is 1.82 bits per heavy atom. The molecule has 0 radical (unpaired) electrons. The normalized spacial score (nSPS) is 12.3. The van der Waals surface area contributed by atoms with E-state index in [0.29, 0.717) is 6.54 Å². The SMILES string of the molecule is OCC(NCc1cncnc1)c1ccccc1. The van der Waals surface area contributed by atoms with Crippen LogP contribution in [0.15, 0.2) is 49.1 Å². The highest BCUT2D eigenvalue weighted by Crippen LogP contribution is 2.12. The second-order valence-electron chi connectivity index (χ2n) is 3.77. The van der Waals surface area contributed by atoms with E-state index in [9.17, 15) is 5.11 Å². The fourth-order valence-electron chi connectivity index (χ4n) is 1.64. The summed E-state index contributed by atoms with van der Waals surface area (Å²) < 4.78 is 0. The fourth-order valence-corrected chi connectivity index (χ4v) is 1.64. The zero-order chi connectivity index (χ0) is 11.9. The van der Waals surface area contributed by atoms with Crippen LogP contribution in [0.25, 0.3) is 0 Å². The van der Waals surface area contributed by atoms with E-state index in [4.69, 9.17) is 0 Å². The number of hydrogen-bond donors (Lipinski definition) is 2. The van der Waals surface area contributed by atoms with Crippen LogP contribution in [-0.4, -0.2) is 21.7 Å². The van der Waals surface area contributed by atoms with Crippen LogP contribution in [-0.2, 0) is 6.54 Å². The zero-order valence-electron chi connectivity index (χ0n) is 9.45. The molecule has 2 rings (SSSR count). The largest absolute Gasteiger partial charge is 0.394 e.